The van der Waals surface area contributed by atoms with Crippen LogP contribution in [0.2, 0.25) is 0 Å². The topological polar surface area (TPSA) is 42.9 Å². The monoisotopic (exact) mass is 481 g/mol. The molecule has 2 N–H and O–H groups in total. The van der Waals surface area contributed by atoms with E-state index in [0.717, 1.165) is 44.7 Å². The van der Waals surface area contributed by atoms with E-state index in [1.807, 2.05) is 23.9 Å². The minimum atomic E-state index is -4.92. The first kappa shape index (κ1) is 24.4. The molecule has 0 bridgehead atoms. The van der Waals surface area contributed by atoms with Crippen molar-refractivity contribution in [2.75, 3.05) is 32.5 Å². The number of hydrogen-bond donors (Lipinski definition) is 2. The maximum Gasteiger partial charge on any atom is 0.416 e. The maximum absolute atomic E-state index is 13.1. The Morgan fingerprint density at radius 3 is 2.00 bits per heavy atom. The van der Waals surface area contributed by atoms with E-state index in [1.165, 1.54) is 0 Å². The van der Waals surface area contributed by atoms with Gasteiger partial charge in [0, 0.05) is 32.9 Å². The minimum Gasteiger partial charge on any atom is -0.358 e. The molecule has 1 aromatic rings. The van der Waals surface area contributed by atoms with Crippen molar-refractivity contribution in [1.29, 1.82) is 0 Å². The van der Waals surface area contributed by atoms with E-state index in [1.54, 1.807) is 0 Å². The summed E-state index contributed by atoms with van der Waals surface area (Å²) in [5, 5.41) is 5.51. The molecule has 0 unspecified atom stereocenters. The number of guanidine groups is 1. The predicted octanol–water partition coefficient (Wildman–Crippen LogP) is 4.56. The zero-order valence-corrected chi connectivity index (χ0v) is 18.5. The van der Waals surface area contributed by atoms with Gasteiger partial charge in [-0.25, -0.2) is 4.99 Å². The van der Waals surface area contributed by atoms with Crippen LogP contribution in [0.1, 0.15) is 36.8 Å². The lowest BCUT2D eigenvalue weighted by atomic mass is 9.91. The van der Waals surface area contributed by atoms with E-state index in [4.69, 9.17) is 17.2 Å². The summed E-state index contributed by atoms with van der Waals surface area (Å²) in [6.45, 7) is 1.72. The first-order valence-corrected chi connectivity index (χ1v) is 10.6. The van der Waals surface area contributed by atoms with Gasteiger partial charge in [-0.05, 0) is 43.3 Å². The smallest absolute Gasteiger partial charge is 0.358 e. The van der Waals surface area contributed by atoms with Crippen LogP contribution in [0, 0.1) is 0 Å². The summed E-state index contributed by atoms with van der Waals surface area (Å²) in [6, 6.07) is 1.04. The number of thiocarbonyl (C=S) groups is 1. The second-order valence-corrected chi connectivity index (χ2v) is 8.53. The van der Waals surface area contributed by atoms with Crippen LogP contribution < -0.4 is 10.6 Å². The van der Waals surface area contributed by atoms with E-state index in [9.17, 15) is 26.3 Å². The van der Waals surface area contributed by atoms with Gasteiger partial charge in [-0.2, -0.15) is 26.3 Å². The van der Waals surface area contributed by atoms with Gasteiger partial charge in [-0.15, -0.1) is 0 Å². The van der Waals surface area contributed by atoms with Crippen LogP contribution in [0.25, 0.3) is 0 Å². The molecule has 5 nitrogen and oxygen atoms in total. The van der Waals surface area contributed by atoms with Crippen LogP contribution in [-0.4, -0.2) is 60.1 Å². The van der Waals surface area contributed by atoms with Crippen LogP contribution in [0.15, 0.2) is 23.2 Å². The molecular formula is C20H25F6N5S. The minimum absolute atomic E-state index is 0.0392. The lowest BCUT2D eigenvalue weighted by Crippen LogP contribution is -2.47. The summed E-state index contributed by atoms with van der Waals surface area (Å²) in [5.74, 6) is 0.857. The molecule has 1 saturated carbocycles. The Balaban J connectivity index is 1.76. The molecule has 2 aliphatic rings. The molecule has 0 amide bonds. The second-order valence-electron chi connectivity index (χ2n) is 8.12. The van der Waals surface area contributed by atoms with Crippen molar-refractivity contribution in [3.05, 3.63) is 29.3 Å². The normalized spacial score (nSPS) is 22.2. The third-order valence-electron chi connectivity index (χ3n) is 5.63. The standard InChI is InChI=1S/C20H25F6N5S/c1-30-7-8-31(2)18(30)29-16-6-4-3-5-15(16)28-17(32)27-14-10-12(19(21,22)23)9-13(11-14)20(24,25)26/h9-11,15-16H,3-8H2,1-2H3,(H2,27,28,32)/t15-,16-/m0/s1. The number of benzene rings is 1. The molecule has 178 valence electrons. The Morgan fingerprint density at radius 2 is 1.47 bits per heavy atom. The number of aliphatic imine (C=N–C) groups is 1. The summed E-state index contributed by atoms with van der Waals surface area (Å²) >= 11 is 5.22. The van der Waals surface area contributed by atoms with Crippen LogP contribution in [-0.2, 0) is 12.4 Å². The van der Waals surface area contributed by atoms with Crippen molar-refractivity contribution in [1.82, 2.24) is 15.1 Å². The molecular weight excluding hydrogens is 456 g/mol. The fourth-order valence-electron chi connectivity index (χ4n) is 3.93. The summed E-state index contributed by atoms with van der Waals surface area (Å²) in [7, 11) is 3.90. The highest BCUT2D eigenvalue weighted by Gasteiger charge is 2.37. The number of hydrogen-bond acceptors (Lipinski definition) is 2. The lowest BCUT2D eigenvalue weighted by molar-refractivity contribution is -0.143. The summed E-state index contributed by atoms with van der Waals surface area (Å²) in [6.07, 6.45) is -6.38. The quantitative estimate of drug-likeness (QED) is 0.490. The Hall–Kier alpha value is -2.24. The number of nitrogens with zero attached hydrogens (tertiary/aromatic N) is 3. The number of halogens is 6. The fraction of sp³-hybridized carbons (Fsp3) is 0.600. The largest absolute Gasteiger partial charge is 0.416 e. The highest BCUT2D eigenvalue weighted by atomic mass is 32.1. The van der Waals surface area contributed by atoms with Gasteiger partial charge in [0.2, 0.25) is 0 Å². The third kappa shape index (κ3) is 5.96. The van der Waals surface area contributed by atoms with Gasteiger partial charge >= 0.3 is 12.4 Å². The average Bonchev–Trinajstić information content (AvgIpc) is 3.00. The SMILES string of the molecule is CN1CCN(C)C1=N[C@H]1CCCC[C@@H]1NC(=S)Nc1cc(C(F)(F)F)cc(C(F)(F)F)c1. The van der Waals surface area contributed by atoms with Crippen molar-refractivity contribution >= 4 is 29.0 Å². The van der Waals surface area contributed by atoms with E-state index in [2.05, 4.69) is 10.6 Å². The number of likely N-dealkylation sites (N-methyl/N-ethyl adjacent to an activating group) is 2. The molecule has 0 aromatic heterocycles. The Kier molecular flexibility index (Phi) is 7.11. The maximum atomic E-state index is 13.1. The van der Waals surface area contributed by atoms with Crippen LogP contribution in [0.5, 0.6) is 0 Å². The van der Waals surface area contributed by atoms with Gasteiger partial charge in [0.25, 0.3) is 0 Å². The molecule has 2 fully saturated rings. The molecule has 32 heavy (non-hydrogen) atoms. The molecule has 0 radical (unpaired) electrons. The number of nitrogens with one attached hydrogen (secondary N) is 2. The molecule has 1 heterocycles. The molecule has 12 heteroatoms. The van der Waals surface area contributed by atoms with E-state index >= 15 is 0 Å². The van der Waals surface area contributed by atoms with E-state index in [0.29, 0.717) is 12.1 Å². The molecule has 1 aromatic carbocycles. The first-order valence-electron chi connectivity index (χ1n) is 10.2. The third-order valence-corrected chi connectivity index (χ3v) is 5.85. The van der Waals surface area contributed by atoms with Crippen molar-refractivity contribution in [2.45, 2.75) is 50.1 Å². The van der Waals surface area contributed by atoms with Gasteiger partial charge < -0.3 is 20.4 Å². The van der Waals surface area contributed by atoms with Crippen LogP contribution in [0.4, 0.5) is 32.0 Å². The van der Waals surface area contributed by atoms with Crippen LogP contribution in [0.3, 0.4) is 0 Å². The fourth-order valence-corrected chi connectivity index (χ4v) is 4.20. The lowest BCUT2D eigenvalue weighted by Gasteiger charge is -2.32. The van der Waals surface area contributed by atoms with Gasteiger partial charge in [0.1, 0.15) is 0 Å². The summed E-state index contributed by atoms with van der Waals surface area (Å²) in [4.78, 5) is 8.94. The van der Waals surface area contributed by atoms with Gasteiger partial charge in [0.05, 0.1) is 23.2 Å². The molecule has 1 aliphatic carbocycles. The summed E-state index contributed by atoms with van der Waals surface area (Å²) in [5.41, 5.74) is -3.17. The van der Waals surface area contributed by atoms with Crippen molar-refractivity contribution < 1.29 is 26.3 Å². The average molecular weight is 482 g/mol. The first-order chi connectivity index (χ1) is 14.8. The molecule has 0 spiro atoms. The number of anilines is 1. The van der Waals surface area contributed by atoms with E-state index in [-0.39, 0.29) is 28.9 Å². The predicted molar refractivity (Wildman–Crippen MR) is 115 cm³/mol. The van der Waals surface area contributed by atoms with E-state index < -0.39 is 23.5 Å². The Bertz CT molecular complexity index is 825. The van der Waals surface area contributed by atoms with Crippen molar-refractivity contribution in [2.24, 2.45) is 4.99 Å². The molecule has 1 saturated heterocycles. The highest BCUT2D eigenvalue weighted by molar-refractivity contribution is 7.80. The highest BCUT2D eigenvalue weighted by Crippen LogP contribution is 2.37. The molecule has 1 aliphatic heterocycles. The zero-order valence-electron chi connectivity index (χ0n) is 17.6. The molecule has 2 atom stereocenters. The van der Waals surface area contributed by atoms with Crippen molar-refractivity contribution in [3.63, 3.8) is 0 Å². The van der Waals surface area contributed by atoms with Gasteiger partial charge in [-0.3, -0.25) is 0 Å². The van der Waals surface area contributed by atoms with Crippen LogP contribution >= 0.6 is 12.2 Å². The number of rotatable bonds is 3. The van der Waals surface area contributed by atoms with Gasteiger partial charge in [0.15, 0.2) is 11.1 Å². The second kappa shape index (κ2) is 9.32. The number of alkyl halides is 6. The zero-order chi connectivity index (χ0) is 23.7. The molecule has 3 rings (SSSR count). The van der Waals surface area contributed by atoms with Crippen molar-refractivity contribution in [3.8, 4) is 0 Å². The van der Waals surface area contributed by atoms with Gasteiger partial charge in [-0.1, -0.05) is 12.8 Å². The Morgan fingerprint density at radius 1 is 0.938 bits per heavy atom. The Labute approximate surface area is 187 Å². The summed E-state index contributed by atoms with van der Waals surface area (Å²) < 4.78 is 78.5.